The van der Waals surface area contributed by atoms with Gasteiger partial charge in [0.15, 0.2) is 5.82 Å². The molecular formula is C59H67FO2S8. The Morgan fingerprint density at radius 1 is 0.529 bits per heavy atom. The summed E-state index contributed by atoms with van der Waals surface area (Å²) < 4.78 is 25.6. The molecular weight excluding hydrogens is 1020 g/mol. The molecule has 0 spiro atoms. The summed E-state index contributed by atoms with van der Waals surface area (Å²) in [4.78, 5) is 28.8. The lowest BCUT2D eigenvalue weighted by molar-refractivity contribution is 0.0499. The van der Waals surface area contributed by atoms with Crippen molar-refractivity contribution in [2.24, 2.45) is 11.8 Å². The lowest BCUT2D eigenvalue weighted by atomic mass is 9.95. The van der Waals surface area contributed by atoms with Crippen LogP contribution in [0.2, 0.25) is 0 Å². The summed E-state index contributed by atoms with van der Waals surface area (Å²) in [6, 6.07) is 23.6. The number of halogens is 1. The van der Waals surface area contributed by atoms with Gasteiger partial charge in [0, 0.05) is 90.3 Å². The Morgan fingerprint density at radius 3 is 1.63 bits per heavy atom. The fraction of sp³-hybridized carbons (Fsp3) is 0.441. The fourth-order valence-electron chi connectivity index (χ4n) is 9.94. The second-order valence-electron chi connectivity index (χ2n) is 19.1. The van der Waals surface area contributed by atoms with Gasteiger partial charge in [0.2, 0.25) is 0 Å². The maximum absolute atomic E-state index is 16.4. The van der Waals surface area contributed by atoms with Crippen LogP contribution in [0.1, 0.15) is 154 Å². The molecule has 370 valence electrons. The molecule has 0 aliphatic rings. The molecule has 0 aliphatic carbocycles. The van der Waals surface area contributed by atoms with Crippen molar-refractivity contribution in [3.8, 4) is 50.1 Å². The number of benzene rings is 1. The van der Waals surface area contributed by atoms with Crippen molar-refractivity contribution in [2.45, 2.75) is 151 Å². The first-order valence-corrected chi connectivity index (χ1v) is 32.4. The van der Waals surface area contributed by atoms with E-state index in [1.54, 1.807) is 11.3 Å². The molecule has 0 radical (unpaired) electrons. The molecule has 2 unspecified atom stereocenters. The van der Waals surface area contributed by atoms with Crippen LogP contribution in [0.25, 0.3) is 80.4 Å². The van der Waals surface area contributed by atoms with Gasteiger partial charge in [0.25, 0.3) is 0 Å². The maximum atomic E-state index is 16.4. The van der Waals surface area contributed by atoms with Crippen LogP contribution in [0, 0.1) is 31.5 Å². The Labute approximate surface area is 447 Å². The average molecular weight is 1080 g/mol. The molecule has 0 aliphatic heterocycles. The molecule has 0 N–H and O–H groups in total. The number of carbonyl (C=O) groups excluding carboxylic acids is 1. The molecule has 0 saturated heterocycles. The standard InChI is InChI=1S/C59H67FO2S8/c1-8-13-16-17-18-19-30-62-59(61)58-53(60)50-36(7)64-56(57(50)70-58)49-34-42-52(48-29-27-46(68-48)44-25-23-40(66-44)33-38(12-5)21-15-10-3)54-41(31-35(6)63-54)51(55(42)69-49)47-28-26-45(67-47)43-24-22-39(65-43)32-37(11-4)20-14-9-2/h22-29,31,34,37-38H,8-21,30,32-33H2,1-7H3. The predicted octanol–water partition coefficient (Wildman–Crippen LogP) is 22.8. The second-order valence-corrected chi connectivity index (χ2v) is 28.2. The predicted molar refractivity (Wildman–Crippen MR) is 316 cm³/mol. The summed E-state index contributed by atoms with van der Waals surface area (Å²) in [5.74, 6) is 0.506. The summed E-state index contributed by atoms with van der Waals surface area (Å²) in [6.45, 7) is 16.1. The summed E-state index contributed by atoms with van der Waals surface area (Å²) in [7, 11) is 0. The largest absolute Gasteiger partial charge is 0.461 e. The highest BCUT2D eigenvalue weighted by molar-refractivity contribution is 7.32. The third-order valence-corrected chi connectivity index (χ3v) is 23.6. The van der Waals surface area contributed by atoms with Crippen LogP contribution in [-0.2, 0) is 17.6 Å². The van der Waals surface area contributed by atoms with Gasteiger partial charge in [-0.05, 0) is 106 Å². The average Bonchev–Trinajstić information content (AvgIpc) is 4.21. The minimum Gasteiger partial charge on any atom is -0.461 e. The van der Waals surface area contributed by atoms with Gasteiger partial charge in [-0.3, -0.25) is 0 Å². The Kier molecular flexibility index (Phi) is 17.7. The number of hydrogen-bond acceptors (Lipinski definition) is 10. The maximum Gasteiger partial charge on any atom is 0.351 e. The van der Waals surface area contributed by atoms with Crippen LogP contribution < -0.4 is 0 Å². The van der Waals surface area contributed by atoms with Gasteiger partial charge in [-0.25, -0.2) is 9.18 Å². The van der Waals surface area contributed by atoms with E-state index in [0.29, 0.717) is 12.0 Å². The van der Waals surface area contributed by atoms with Crippen LogP contribution in [0.15, 0.2) is 60.7 Å². The quantitative estimate of drug-likeness (QED) is 0.0421. The van der Waals surface area contributed by atoms with E-state index in [-0.39, 0.29) is 4.88 Å². The van der Waals surface area contributed by atoms with Crippen LogP contribution in [0.5, 0.6) is 0 Å². The first-order valence-electron chi connectivity index (χ1n) is 25.9. The number of hydrogen-bond donors (Lipinski definition) is 0. The molecule has 11 heteroatoms. The molecule has 0 amide bonds. The van der Waals surface area contributed by atoms with E-state index in [9.17, 15) is 4.79 Å². The molecule has 0 fully saturated rings. The molecule has 1 aromatic carbocycles. The van der Waals surface area contributed by atoms with Crippen LogP contribution in [0.4, 0.5) is 4.39 Å². The Hall–Kier alpha value is -3.00. The van der Waals surface area contributed by atoms with E-state index in [2.05, 4.69) is 102 Å². The first kappa shape index (κ1) is 51.9. The third-order valence-electron chi connectivity index (χ3n) is 14.0. The van der Waals surface area contributed by atoms with Gasteiger partial charge >= 0.3 is 5.97 Å². The zero-order valence-corrected chi connectivity index (χ0v) is 48.4. The van der Waals surface area contributed by atoms with Crippen molar-refractivity contribution in [1.82, 2.24) is 0 Å². The van der Waals surface area contributed by atoms with E-state index in [1.165, 1.54) is 157 Å². The van der Waals surface area contributed by atoms with Crippen molar-refractivity contribution >= 4 is 127 Å². The number of carbonyl (C=O) groups is 1. The van der Waals surface area contributed by atoms with Crippen LogP contribution in [0.3, 0.4) is 0 Å². The fourth-order valence-corrected chi connectivity index (χ4v) is 19.6. The Balaban J connectivity index is 1.12. The summed E-state index contributed by atoms with van der Waals surface area (Å²) in [5.41, 5.74) is 2.59. The van der Waals surface area contributed by atoms with Crippen molar-refractivity contribution in [3.63, 3.8) is 0 Å². The van der Waals surface area contributed by atoms with Gasteiger partial charge in [-0.15, -0.1) is 90.7 Å². The Morgan fingerprint density at radius 2 is 1.04 bits per heavy atom. The number of ether oxygens (including phenoxy) is 1. The summed E-state index contributed by atoms with van der Waals surface area (Å²) >= 11 is 14.4. The summed E-state index contributed by atoms with van der Waals surface area (Å²) in [5, 5.41) is 3.11. The molecule has 0 saturated carbocycles. The van der Waals surface area contributed by atoms with Crippen molar-refractivity contribution in [1.29, 1.82) is 0 Å². The van der Waals surface area contributed by atoms with Crippen LogP contribution in [-0.4, -0.2) is 12.6 Å². The number of rotatable bonds is 25. The zero-order chi connectivity index (χ0) is 48.9. The SMILES string of the molecule is CCCCCCCCOC(=O)c1sc2c(-c3cc4c(-c5ccc(-c6ccc(CC(CC)CCCC)s6)s5)c5sc(C)cc5c(-c5ccc(-c6ccc(CC(CC)CCCC)s6)s5)c4s3)sc(C)c2c1F. The minimum absolute atomic E-state index is 0.0923. The van der Waals surface area contributed by atoms with E-state index < -0.39 is 11.8 Å². The highest BCUT2D eigenvalue weighted by Gasteiger charge is 2.29. The van der Waals surface area contributed by atoms with Crippen molar-refractivity contribution in [2.75, 3.05) is 6.61 Å². The molecule has 2 nitrogen and oxygen atoms in total. The molecule has 0 bridgehead atoms. The first-order chi connectivity index (χ1) is 34.1. The highest BCUT2D eigenvalue weighted by atomic mass is 32.1. The lowest BCUT2D eigenvalue weighted by Crippen LogP contribution is -2.06. The van der Waals surface area contributed by atoms with Gasteiger partial charge in [0.05, 0.1) is 16.2 Å². The van der Waals surface area contributed by atoms with E-state index in [4.69, 9.17) is 4.74 Å². The number of aryl methyl sites for hydroxylation is 2. The number of thiophene rings is 8. The molecule has 8 heterocycles. The van der Waals surface area contributed by atoms with Crippen molar-refractivity contribution < 1.29 is 13.9 Å². The number of unbranched alkanes of at least 4 members (excludes halogenated alkanes) is 7. The molecule has 2 atom stereocenters. The molecule has 9 rings (SSSR count). The van der Waals surface area contributed by atoms with Gasteiger partial charge < -0.3 is 4.74 Å². The van der Waals surface area contributed by atoms with Gasteiger partial charge in [-0.2, -0.15) is 0 Å². The molecule has 9 aromatic rings. The lowest BCUT2D eigenvalue weighted by Gasteiger charge is -2.12. The van der Waals surface area contributed by atoms with Crippen LogP contribution >= 0.6 is 90.7 Å². The third kappa shape index (κ3) is 11.2. The smallest absolute Gasteiger partial charge is 0.351 e. The zero-order valence-electron chi connectivity index (χ0n) is 41.9. The molecule has 8 aromatic heterocycles. The van der Waals surface area contributed by atoms with Crippen molar-refractivity contribution in [3.05, 3.63) is 90.9 Å². The topological polar surface area (TPSA) is 26.3 Å². The number of esters is 1. The van der Waals surface area contributed by atoms with E-state index in [1.807, 2.05) is 74.9 Å². The second kappa shape index (κ2) is 23.9. The highest BCUT2D eigenvalue weighted by Crippen LogP contribution is 2.56. The van der Waals surface area contributed by atoms with E-state index in [0.717, 1.165) is 63.3 Å². The summed E-state index contributed by atoms with van der Waals surface area (Å²) in [6.07, 6.45) is 19.1. The Bertz CT molecular complexity index is 3020. The molecule has 70 heavy (non-hydrogen) atoms. The number of fused-ring (bicyclic) bond motifs is 3. The van der Waals surface area contributed by atoms with Gasteiger partial charge in [-0.1, -0.05) is 118 Å². The monoisotopic (exact) mass is 1080 g/mol. The normalized spacial score (nSPS) is 12.9. The minimum atomic E-state index is -0.541. The van der Waals surface area contributed by atoms with E-state index >= 15 is 4.39 Å². The van der Waals surface area contributed by atoms with Gasteiger partial charge in [0.1, 0.15) is 4.88 Å².